The molecule has 2 saturated heterocycles. The Labute approximate surface area is 213 Å². The maximum Gasteiger partial charge on any atom is 1.00 e. The van der Waals surface area contributed by atoms with Gasteiger partial charge in [0.05, 0.1) is 6.61 Å². The molecular formula is C16H14ClN5NaO5PS2. The van der Waals surface area contributed by atoms with E-state index in [4.69, 9.17) is 42.9 Å². The van der Waals surface area contributed by atoms with Crippen LogP contribution >= 0.6 is 30.1 Å². The van der Waals surface area contributed by atoms with Gasteiger partial charge in [0.1, 0.15) is 31.4 Å². The number of fused-ring (bicyclic) bond motifs is 2. The number of hydrogen-bond donors (Lipinski definition) is 2. The van der Waals surface area contributed by atoms with Gasteiger partial charge in [0, 0.05) is 9.92 Å². The molecule has 158 valence electrons. The SMILES string of the molecule is Nc1ncnc2c1nc(Sc1ccc(Cl)cc1)n2[C@@H]1O[C@@H]2COP([O-])(=S)O[C@H]2[C@H]1O.[Na+]. The second kappa shape index (κ2) is 9.13. The molecule has 4 heterocycles. The summed E-state index contributed by atoms with van der Waals surface area (Å²) in [5.74, 6) is 0.191. The first-order chi connectivity index (χ1) is 14.3. The summed E-state index contributed by atoms with van der Waals surface area (Å²) < 4.78 is 18.0. The van der Waals surface area contributed by atoms with Crippen molar-refractivity contribution in [1.29, 1.82) is 0 Å². The van der Waals surface area contributed by atoms with Crippen molar-refractivity contribution in [1.82, 2.24) is 19.5 Å². The molecule has 2 fully saturated rings. The third-order valence-corrected chi connectivity index (χ3v) is 7.48. The molecular weight excluding hydrogens is 496 g/mol. The number of nitrogen functional groups attached to an aromatic ring is 1. The third-order valence-electron chi connectivity index (χ3n) is 4.71. The van der Waals surface area contributed by atoms with Gasteiger partial charge in [-0.05, 0) is 24.3 Å². The molecule has 31 heavy (non-hydrogen) atoms. The monoisotopic (exact) mass is 509 g/mol. The van der Waals surface area contributed by atoms with Crippen LogP contribution in [0.1, 0.15) is 6.23 Å². The average molecular weight is 510 g/mol. The number of anilines is 1. The Balaban J connectivity index is 0.00000231. The molecule has 3 N–H and O–H groups in total. The Morgan fingerprint density at radius 1 is 1.32 bits per heavy atom. The topological polar surface area (TPSA) is 141 Å². The third kappa shape index (κ3) is 4.54. The summed E-state index contributed by atoms with van der Waals surface area (Å²) in [5.41, 5.74) is 6.73. The normalized spacial score (nSPS) is 30.2. The zero-order chi connectivity index (χ0) is 21.0. The van der Waals surface area contributed by atoms with Gasteiger partial charge in [-0.1, -0.05) is 35.2 Å². The summed E-state index contributed by atoms with van der Waals surface area (Å²) in [6.45, 7) is -3.72. The Hall–Kier alpha value is -0.340. The maximum atomic E-state index is 12.0. The van der Waals surface area contributed by atoms with Crippen LogP contribution < -0.4 is 40.2 Å². The van der Waals surface area contributed by atoms with Crippen LogP contribution in [0, 0.1) is 0 Å². The summed E-state index contributed by atoms with van der Waals surface area (Å²) in [6, 6.07) is 7.18. The number of ether oxygens (including phenoxy) is 1. The maximum absolute atomic E-state index is 12.0. The summed E-state index contributed by atoms with van der Waals surface area (Å²) in [5, 5.41) is 12.0. The number of halogens is 1. The van der Waals surface area contributed by atoms with Crippen molar-refractivity contribution in [2.24, 2.45) is 0 Å². The molecule has 0 amide bonds. The molecule has 0 bridgehead atoms. The standard InChI is InChI=1S/C16H15ClN5O5PS2.Na/c17-7-1-3-8(4-2-7)30-16-21-10-13(18)19-6-20-14(10)22(16)15-11(23)12-9(26-15)5-25-28(24,29)27-12;/h1-4,6,9,11-12,15,23H,5H2,(H,24,29)(H2,18,19,20);/q;+1/p-1/t9-,11-,12-,15-,28?;/m1./s1. The molecule has 5 rings (SSSR count). The van der Waals surface area contributed by atoms with Gasteiger partial charge >= 0.3 is 29.6 Å². The zero-order valence-electron chi connectivity index (χ0n) is 16.0. The van der Waals surface area contributed by atoms with Crippen LogP contribution in [0.4, 0.5) is 5.82 Å². The molecule has 0 saturated carbocycles. The molecule has 0 aliphatic carbocycles. The molecule has 5 atom stereocenters. The van der Waals surface area contributed by atoms with Gasteiger partial charge in [-0.3, -0.25) is 4.57 Å². The number of aromatic nitrogens is 4. The molecule has 1 unspecified atom stereocenters. The number of nitrogens with two attached hydrogens (primary N) is 1. The van der Waals surface area contributed by atoms with Gasteiger partial charge in [0.15, 0.2) is 28.4 Å². The van der Waals surface area contributed by atoms with E-state index in [1.807, 2.05) is 12.1 Å². The first kappa shape index (κ1) is 23.8. The van der Waals surface area contributed by atoms with Crippen molar-refractivity contribution in [3.8, 4) is 0 Å². The van der Waals surface area contributed by atoms with Crippen molar-refractivity contribution in [2.75, 3.05) is 12.3 Å². The Morgan fingerprint density at radius 3 is 2.81 bits per heavy atom. The van der Waals surface area contributed by atoms with Gasteiger partial charge in [0.25, 0.3) is 0 Å². The summed E-state index contributed by atoms with van der Waals surface area (Å²) in [7, 11) is 0. The van der Waals surface area contributed by atoms with E-state index < -0.39 is 31.3 Å². The fraction of sp³-hybridized carbons (Fsp3) is 0.312. The molecule has 2 aromatic heterocycles. The second-order valence-corrected chi connectivity index (χ2v) is 10.8. The van der Waals surface area contributed by atoms with Crippen molar-refractivity contribution < 1.29 is 53.3 Å². The van der Waals surface area contributed by atoms with Crippen LogP contribution in [0.15, 0.2) is 40.6 Å². The first-order valence-corrected chi connectivity index (χ1v) is 12.5. The van der Waals surface area contributed by atoms with E-state index in [0.717, 1.165) is 4.90 Å². The molecule has 10 nitrogen and oxygen atoms in total. The van der Waals surface area contributed by atoms with Crippen molar-refractivity contribution >= 4 is 58.9 Å². The Kier molecular flexibility index (Phi) is 7.01. The molecule has 2 aliphatic heterocycles. The fourth-order valence-corrected chi connectivity index (χ4v) is 5.82. The molecule has 0 spiro atoms. The molecule has 2 aliphatic rings. The van der Waals surface area contributed by atoms with E-state index >= 15 is 0 Å². The largest absolute Gasteiger partial charge is 1.00 e. The van der Waals surface area contributed by atoms with Gasteiger partial charge < -0.3 is 29.5 Å². The number of aliphatic hydroxyl groups excluding tert-OH is 1. The van der Waals surface area contributed by atoms with Crippen LogP contribution in [0.25, 0.3) is 11.2 Å². The van der Waals surface area contributed by atoms with E-state index in [9.17, 15) is 10.00 Å². The minimum atomic E-state index is -3.67. The number of nitrogens with zero attached hydrogens (tertiary/aromatic N) is 4. The van der Waals surface area contributed by atoms with E-state index in [1.165, 1.54) is 18.1 Å². The molecule has 0 radical (unpaired) electrons. The molecule has 1 aromatic carbocycles. The number of imidazole rings is 1. The van der Waals surface area contributed by atoms with Gasteiger partial charge in [-0.2, -0.15) is 0 Å². The fourth-order valence-electron chi connectivity index (χ4n) is 3.36. The number of aliphatic hydroxyl groups is 1. The summed E-state index contributed by atoms with van der Waals surface area (Å²) in [6.07, 6.45) is -2.38. The minimum Gasteiger partial charge on any atom is -0.780 e. The molecule has 3 aromatic rings. The predicted molar refractivity (Wildman–Crippen MR) is 110 cm³/mol. The van der Waals surface area contributed by atoms with Gasteiger partial charge in [-0.15, -0.1) is 0 Å². The van der Waals surface area contributed by atoms with Gasteiger partial charge in [-0.25, -0.2) is 15.0 Å². The van der Waals surface area contributed by atoms with Gasteiger partial charge in [0.2, 0.25) is 0 Å². The Morgan fingerprint density at radius 2 is 2.06 bits per heavy atom. The quantitative estimate of drug-likeness (QED) is 0.314. The molecule has 15 heteroatoms. The average Bonchev–Trinajstić information content (AvgIpc) is 3.21. The summed E-state index contributed by atoms with van der Waals surface area (Å²) in [4.78, 5) is 25.7. The van der Waals surface area contributed by atoms with E-state index in [1.54, 1.807) is 16.7 Å². The second-order valence-electron chi connectivity index (χ2n) is 6.62. The van der Waals surface area contributed by atoms with Crippen molar-refractivity contribution in [2.45, 2.75) is 34.6 Å². The zero-order valence-corrected chi connectivity index (χ0v) is 21.3. The Bertz CT molecular complexity index is 1170. The van der Waals surface area contributed by atoms with Crippen molar-refractivity contribution in [3.05, 3.63) is 35.6 Å². The van der Waals surface area contributed by atoms with Crippen LogP contribution in [0.3, 0.4) is 0 Å². The minimum absolute atomic E-state index is 0. The van der Waals surface area contributed by atoms with Crippen LogP contribution in [0.2, 0.25) is 5.02 Å². The number of rotatable bonds is 3. The predicted octanol–water partition coefficient (Wildman–Crippen LogP) is -1.52. The van der Waals surface area contributed by atoms with Crippen LogP contribution in [-0.2, 0) is 25.6 Å². The van der Waals surface area contributed by atoms with E-state index in [-0.39, 0.29) is 42.0 Å². The van der Waals surface area contributed by atoms with E-state index in [0.29, 0.717) is 21.3 Å². The van der Waals surface area contributed by atoms with Crippen LogP contribution in [0.5, 0.6) is 0 Å². The first-order valence-electron chi connectivity index (χ1n) is 8.72. The van der Waals surface area contributed by atoms with E-state index in [2.05, 4.69) is 15.0 Å². The van der Waals surface area contributed by atoms with Crippen molar-refractivity contribution in [3.63, 3.8) is 0 Å². The number of hydrogen-bond acceptors (Lipinski definition) is 11. The summed E-state index contributed by atoms with van der Waals surface area (Å²) >= 11 is 12.1. The number of benzene rings is 1. The smallest absolute Gasteiger partial charge is 0.780 e. The van der Waals surface area contributed by atoms with Crippen LogP contribution in [-0.4, -0.2) is 49.5 Å².